The fourth-order valence-corrected chi connectivity index (χ4v) is 4.63. The molecule has 1 aromatic carbocycles. The van der Waals surface area contributed by atoms with Gasteiger partial charge in [0.1, 0.15) is 29.7 Å². The molecule has 5 rings (SSSR count). The van der Waals surface area contributed by atoms with Crippen molar-refractivity contribution in [3.05, 3.63) is 41.0 Å². The summed E-state index contributed by atoms with van der Waals surface area (Å²) < 4.78 is 32.3. The van der Waals surface area contributed by atoms with Gasteiger partial charge in [-0.2, -0.15) is 5.26 Å². The molecule has 0 radical (unpaired) electrons. The molecule has 2 bridgehead atoms. The number of rotatable bonds is 5. The number of piperidine rings is 1. The number of anilines is 2. The van der Waals surface area contributed by atoms with Crippen molar-refractivity contribution in [2.45, 2.75) is 45.3 Å². The van der Waals surface area contributed by atoms with Crippen LogP contribution in [0.2, 0.25) is 0 Å². The molecule has 0 spiro atoms. The minimum Gasteiger partial charge on any atom is -0.473 e. The van der Waals surface area contributed by atoms with Crippen LogP contribution >= 0.6 is 0 Å². The van der Waals surface area contributed by atoms with Crippen molar-refractivity contribution in [1.82, 2.24) is 14.9 Å². The Kier molecular flexibility index (Phi) is 5.97. The monoisotopic (exact) mass is 481 g/mol. The number of nitrogens with zero attached hydrogens (tertiary/aromatic N) is 4. The third kappa shape index (κ3) is 4.73. The third-order valence-corrected chi connectivity index (χ3v) is 7.02. The summed E-state index contributed by atoms with van der Waals surface area (Å²) in [5.41, 5.74) is 1.48. The Labute approximate surface area is 203 Å². The van der Waals surface area contributed by atoms with E-state index in [1.165, 1.54) is 12.4 Å². The van der Waals surface area contributed by atoms with Crippen LogP contribution in [0.5, 0.6) is 5.88 Å². The second-order valence-corrected chi connectivity index (χ2v) is 9.90. The van der Waals surface area contributed by atoms with Crippen molar-refractivity contribution in [1.29, 1.82) is 5.26 Å². The van der Waals surface area contributed by atoms with Gasteiger partial charge in [0.15, 0.2) is 0 Å². The first-order valence-electron chi connectivity index (χ1n) is 11.8. The van der Waals surface area contributed by atoms with Crippen molar-refractivity contribution in [3.63, 3.8) is 0 Å². The van der Waals surface area contributed by atoms with E-state index in [1.807, 2.05) is 13.0 Å². The Morgan fingerprint density at radius 3 is 2.63 bits per heavy atom. The highest BCUT2D eigenvalue weighted by atomic mass is 19.1. The lowest BCUT2D eigenvalue weighted by Crippen LogP contribution is -2.59. The molecule has 184 valence electrons. The third-order valence-electron chi connectivity index (χ3n) is 7.02. The molecule has 10 heteroatoms. The number of amides is 1. The zero-order chi connectivity index (χ0) is 24.7. The quantitative estimate of drug-likeness (QED) is 0.686. The lowest BCUT2D eigenvalue weighted by Gasteiger charge is -2.46. The van der Waals surface area contributed by atoms with Gasteiger partial charge in [0.05, 0.1) is 36.1 Å². The van der Waals surface area contributed by atoms with E-state index in [2.05, 4.69) is 15.3 Å². The fourth-order valence-electron chi connectivity index (χ4n) is 4.63. The Balaban J connectivity index is 1.31. The van der Waals surface area contributed by atoms with Crippen molar-refractivity contribution in [2.75, 3.05) is 31.6 Å². The van der Waals surface area contributed by atoms with Gasteiger partial charge in [-0.05, 0) is 51.3 Å². The molecular formula is C25H28FN5O4. The molecular weight excluding hydrogens is 453 g/mol. The van der Waals surface area contributed by atoms with Crippen molar-refractivity contribution in [3.8, 4) is 11.9 Å². The lowest BCUT2D eigenvalue weighted by atomic mass is 9.84. The summed E-state index contributed by atoms with van der Waals surface area (Å²) in [4.78, 5) is 23.0. The molecule has 2 atom stereocenters. The van der Waals surface area contributed by atoms with E-state index < -0.39 is 5.82 Å². The zero-order valence-corrected chi connectivity index (χ0v) is 20.0. The smallest absolute Gasteiger partial charge is 0.410 e. The molecule has 2 aliphatic heterocycles. The Morgan fingerprint density at radius 1 is 1.26 bits per heavy atom. The van der Waals surface area contributed by atoms with E-state index in [9.17, 15) is 9.18 Å². The number of likely N-dealkylation sites (tertiary alicyclic amines) is 1. The van der Waals surface area contributed by atoms with Crippen LogP contribution in [0.3, 0.4) is 0 Å². The van der Waals surface area contributed by atoms with Crippen LogP contribution in [0, 0.1) is 42.8 Å². The number of hydrogen-bond donors (Lipinski definition) is 1. The standard InChI is InChI=1S/C25H28FN5O4/c1-14-6-20(19(26)7-16(14)8-27)30-22-15(2)23(29-13-28-22)34-21-17-9-31(10-18(21)12-33-11-17)24(32)35-25(3)4-5-25/h6-7,13,17-18,21H,4-5,9-12H2,1-3H3,(H,28,29,30). The molecule has 3 fully saturated rings. The van der Waals surface area contributed by atoms with Gasteiger partial charge < -0.3 is 24.4 Å². The molecule has 1 aliphatic carbocycles. The van der Waals surface area contributed by atoms with E-state index >= 15 is 0 Å². The largest absolute Gasteiger partial charge is 0.473 e. The Bertz CT molecular complexity index is 1180. The highest BCUT2D eigenvalue weighted by molar-refractivity contribution is 5.69. The minimum atomic E-state index is -0.543. The number of hydrogen-bond acceptors (Lipinski definition) is 8. The highest BCUT2D eigenvalue weighted by Crippen LogP contribution is 2.40. The van der Waals surface area contributed by atoms with Gasteiger partial charge in [-0.1, -0.05) is 0 Å². The predicted molar refractivity (Wildman–Crippen MR) is 124 cm³/mol. The molecule has 2 saturated heterocycles. The average Bonchev–Trinajstić information content (AvgIpc) is 3.54. The molecule has 1 N–H and O–H groups in total. The van der Waals surface area contributed by atoms with Crippen molar-refractivity contribution < 1.29 is 23.4 Å². The van der Waals surface area contributed by atoms with E-state index in [4.69, 9.17) is 19.5 Å². The first-order valence-corrected chi connectivity index (χ1v) is 11.8. The number of aromatic nitrogens is 2. The maximum Gasteiger partial charge on any atom is 0.410 e. The van der Waals surface area contributed by atoms with Gasteiger partial charge in [0.25, 0.3) is 0 Å². The predicted octanol–water partition coefficient (Wildman–Crippen LogP) is 3.86. The number of carbonyl (C=O) groups is 1. The Hall–Kier alpha value is -3.45. The molecule has 35 heavy (non-hydrogen) atoms. The van der Waals surface area contributed by atoms with Crippen molar-refractivity contribution >= 4 is 17.6 Å². The molecule has 2 unspecified atom stereocenters. The second-order valence-electron chi connectivity index (χ2n) is 9.90. The van der Waals surface area contributed by atoms with Crippen LogP contribution < -0.4 is 10.1 Å². The molecule has 9 nitrogen and oxygen atoms in total. The van der Waals surface area contributed by atoms with Crippen LogP contribution in [0.15, 0.2) is 18.5 Å². The highest BCUT2D eigenvalue weighted by Gasteiger charge is 2.47. The molecule has 1 aromatic heterocycles. The van der Waals surface area contributed by atoms with Gasteiger partial charge in [-0.15, -0.1) is 0 Å². The fraction of sp³-hybridized carbons (Fsp3) is 0.520. The number of aryl methyl sites for hydroxylation is 1. The number of carbonyl (C=O) groups excluding carboxylic acids is 1. The van der Waals surface area contributed by atoms with E-state index in [0.29, 0.717) is 49.1 Å². The van der Waals surface area contributed by atoms with Crippen LogP contribution in [-0.2, 0) is 9.47 Å². The number of halogens is 1. The number of benzene rings is 1. The summed E-state index contributed by atoms with van der Waals surface area (Å²) >= 11 is 0. The van der Waals surface area contributed by atoms with Gasteiger partial charge >= 0.3 is 6.09 Å². The number of fused-ring (bicyclic) bond motifs is 2. The number of nitrogens with one attached hydrogen (secondary N) is 1. The van der Waals surface area contributed by atoms with Crippen LogP contribution in [-0.4, -0.2) is 59.0 Å². The number of nitriles is 1. The zero-order valence-electron chi connectivity index (χ0n) is 20.0. The first-order chi connectivity index (χ1) is 16.8. The maximum atomic E-state index is 14.5. The Morgan fingerprint density at radius 2 is 1.97 bits per heavy atom. The average molecular weight is 482 g/mol. The SMILES string of the molecule is Cc1cc(Nc2ncnc(OC3C4COCC3CN(C(=O)OC3(C)CC3)C4)c2C)c(F)cc1C#N. The van der Waals surface area contributed by atoms with E-state index in [-0.39, 0.29) is 40.9 Å². The first kappa shape index (κ1) is 23.3. The van der Waals surface area contributed by atoms with E-state index in [1.54, 1.807) is 24.8 Å². The molecule has 3 aliphatic rings. The summed E-state index contributed by atoms with van der Waals surface area (Å²) in [7, 11) is 0. The molecule has 1 amide bonds. The minimum absolute atomic E-state index is 0.0218. The summed E-state index contributed by atoms with van der Waals surface area (Å²) in [5.74, 6) is 0.228. The second kappa shape index (κ2) is 8.96. The van der Waals surface area contributed by atoms with Crippen LogP contribution in [0.25, 0.3) is 0 Å². The van der Waals surface area contributed by atoms with Gasteiger partial charge in [0, 0.05) is 24.9 Å². The van der Waals surface area contributed by atoms with Crippen molar-refractivity contribution in [2.24, 2.45) is 11.8 Å². The summed E-state index contributed by atoms with van der Waals surface area (Å²) in [6.07, 6.45) is 2.73. The van der Waals surface area contributed by atoms with Crippen LogP contribution in [0.1, 0.15) is 36.5 Å². The molecule has 2 aromatic rings. The van der Waals surface area contributed by atoms with Gasteiger partial charge in [-0.3, -0.25) is 0 Å². The van der Waals surface area contributed by atoms with Gasteiger partial charge in [-0.25, -0.2) is 19.2 Å². The lowest BCUT2D eigenvalue weighted by molar-refractivity contribution is -0.111. The van der Waals surface area contributed by atoms with Crippen LogP contribution in [0.4, 0.5) is 20.7 Å². The van der Waals surface area contributed by atoms with E-state index in [0.717, 1.165) is 12.8 Å². The summed E-state index contributed by atoms with van der Waals surface area (Å²) in [6.45, 7) is 7.45. The topological polar surface area (TPSA) is 110 Å². The van der Waals surface area contributed by atoms with Gasteiger partial charge in [0.2, 0.25) is 5.88 Å². The normalized spacial score (nSPS) is 24.3. The molecule has 3 heterocycles. The number of ether oxygens (including phenoxy) is 3. The molecule has 1 saturated carbocycles. The summed E-state index contributed by atoms with van der Waals surface area (Å²) in [5, 5.41) is 12.1. The summed E-state index contributed by atoms with van der Waals surface area (Å²) in [6, 6.07) is 4.76. The maximum absolute atomic E-state index is 14.5.